The first kappa shape index (κ1) is 9.76. The maximum atomic E-state index is 11.0. The predicted molar refractivity (Wildman–Crippen MR) is 47.8 cm³/mol. The molecule has 1 aromatic heterocycles. The fourth-order valence-corrected chi connectivity index (χ4v) is 1.81. The topological polar surface area (TPSA) is 67.0 Å². The van der Waals surface area contributed by atoms with Crippen LogP contribution in [0.15, 0.2) is 26.6 Å². The second-order valence-corrected chi connectivity index (χ2v) is 5.34. The van der Waals surface area contributed by atoms with Gasteiger partial charge in [-0.25, -0.2) is 8.42 Å². The Morgan fingerprint density at radius 2 is 2.08 bits per heavy atom. The lowest BCUT2D eigenvalue weighted by atomic mass is 10.5. The van der Waals surface area contributed by atoms with E-state index < -0.39 is 19.4 Å². The van der Waals surface area contributed by atoms with Crippen molar-refractivity contribution >= 4 is 35.7 Å². The van der Waals surface area contributed by atoms with Gasteiger partial charge in [0, 0.05) is 22.9 Å². The number of nitrogens with one attached hydrogen (secondary N) is 1. The van der Waals surface area contributed by atoms with Gasteiger partial charge < -0.3 is 4.98 Å². The average molecular weight is 273 g/mol. The highest BCUT2D eigenvalue weighted by Crippen LogP contribution is 2.10. The van der Waals surface area contributed by atoms with E-state index in [0.29, 0.717) is 4.60 Å². The summed E-state index contributed by atoms with van der Waals surface area (Å²) >= 11 is 2.97. The lowest BCUT2D eigenvalue weighted by molar-refractivity contribution is 0.608. The van der Waals surface area contributed by atoms with Gasteiger partial charge in [-0.15, -0.1) is 0 Å². The first-order chi connectivity index (χ1) is 5.41. The van der Waals surface area contributed by atoms with E-state index in [0.717, 1.165) is 12.3 Å². The summed E-state index contributed by atoms with van der Waals surface area (Å²) in [6.45, 7) is 0. The van der Waals surface area contributed by atoms with Gasteiger partial charge in [-0.1, -0.05) is 0 Å². The van der Waals surface area contributed by atoms with E-state index in [1.807, 2.05) is 0 Å². The number of pyridine rings is 1. The molecule has 0 spiro atoms. The first-order valence-electron chi connectivity index (χ1n) is 2.74. The normalized spacial score (nSPS) is 11.5. The molecule has 0 aromatic carbocycles. The Balaban J connectivity index is 3.50. The van der Waals surface area contributed by atoms with Crippen molar-refractivity contribution in [3.63, 3.8) is 0 Å². The van der Waals surface area contributed by atoms with Gasteiger partial charge in [0.25, 0.3) is 9.05 Å². The molecule has 0 fully saturated rings. The average Bonchev–Trinajstić information content (AvgIpc) is 1.83. The van der Waals surface area contributed by atoms with E-state index in [2.05, 4.69) is 20.9 Å². The van der Waals surface area contributed by atoms with Crippen LogP contribution < -0.4 is 5.43 Å². The molecular weight excluding hydrogens is 269 g/mol. The highest BCUT2D eigenvalue weighted by Gasteiger charge is 2.13. The summed E-state index contributed by atoms with van der Waals surface area (Å²) in [5.41, 5.74) is -0.643. The number of rotatable bonds is 1. The molecule has 1 heterocycles. The molecule has 0 aliphatic heterocycles. The quantitative estimate of drug-likeness (QED) is 0.614. The fourth-order valence-electron chi connectivity index (χ4n) is 0.624. The van der Waals surface area contributed by atoms with Gasteiger partial charge in [-0.05, 0) is 15.9 Å². The van der Waals surface area contributed by atoms with Crippen LogP contribution >= 0.6 is 26.6 Å². The Hall–Kier alpha value is -0.330. The van der Waals surface area contributed by atoms with Crippen LogP contribution in [0.5, 0.6) is 0 Å². The van der Waals surface area contributed by atoms with Crippen molar-refractivity contribution < 1.29 is 8.42 Å². The van der Waals surface area contributed by atoms with Crippen LogP contribution in [0.1, 0.15) is 0 Å². The highest BCUT2D eigenvalue weighted by molar-refractivity contribution is 9.10. The summed E-state index contributed by atoms with van der Waals surface area (Å²) in [5.74, 6) is 0. The van der Waals surface area contributed by atoms with Crippen molar-refractivity contribution in [2.45, 2.75) is 4.90 Å². The zero-order valence-corrected chi connectivity index (χ0v) is 8.70. The third kappa shape index (κ3) is 2.09. The maximum Gasteiger partial charge on any atom is 0.266 e. The Morgan fingerprint density at radius 1 is 1.50 bits per heavy atom. The molecule has 0 bridgehead atoms. The Bertz CT molecular complexity index is 452. The smallest absolute Gasteiger partial charge is 0.266 e. The SMILES string of the molecule is O=c1cc(Br)[nH]cc1S(=O)(=O)Cl. The Kier molecular flexibility index (Phi) is 2.60. The number of aromatic amines is 1. The molecule has 1 aromatic rings. The molecule has 0 saturated carbocycles. The van der Waals surface area contributed by atoms with Crippen LogP contribution in [0.25, 0.3) is 0 Å². The molecular formula is C5H3BrClNO3S. The van der Waals surface area contributed by atoms with Crippen molar-refractivity contribution in [3.8, 4) is 0 Å². The number of hydrogen-bond donors (Lipinski definition) is 1. The number of halogens is 2. The van der Waals surface area contributed by atoms with Gasteiger partial charge in [-0.2, -0.15) is 0 Å². The monoisotopic (exact) mass is 271 g/mol. The second kappa shape index (κ2) is 3.20. The van der Waals surface area contributed by atoms with Crippen molar-refractivity contribution in [1.82, 2.24) is 4.98 Å². The highest BCUT2D eigenvalue weighted by atomic mass is 79.9. The van der Waals surface area contributed by atoms with E-state index in [4.69, 9.17) is 10.7 Å². The van der Waals surface area contributed by atoms with Crippen LogP contribution in [0.4, 0.5) is 0 Å². The lowest BCUT2D eigenvalue weighted by Crippen LogP contribution is -2.10. The summed E-state index contributed by atoms with van der Waals surface area (Å²) in [7, 11) is 1.01. The van der Waals surface area contributed by atoms with E-state index in [-0.39, 0.29) is 0 Å². The van der Waals surface area contributed by atoms with E-state index in [1.165, 1.54) is 0 Å². The molecule has 0 aliphatic rings. The summed E-state index contributed by atoms with van der Waals surface area (Å²) in [6, 6.07) is 1.09. The largest absolute Gasteiger partial charge is 0.354 e. The van der Waals surface area contributed by atoms with Crippen molar-refractivity contribution in [1.29, 1.82) is 0 Å². The Labute approximate surface area is 81.1 Å². The van der Waals surface area contributed by atoms with E-state index >= 15 is 0 Å². The molecule has 0 atom stereocenters. The number of hydrogen-bond acceptors (Lipinski definition) is 3. The van der Waals surface area contributed by atoms with Gasteiger partial charge in [0.05, 0.1) is 4.60 Å². The summed E-state index contributed by atoms with van der Waals surface area (Å²) in [6.07, 6.45) is 1.04. The first-order valence-corrected chi connectivity index (χ1v) is 5.84. The number of H-pyrrole nitrogens is 1. The van der Waals surface area contributed by atoms with Gasteiger partial charge in [-0.3, -0.25) is 4.79 Å². The van der Waals surface area contributed by atoms with Gasteiger partial charge >= 0.3 is 0 Å². The standard InChI is InChI=1S/C5H3BrClNO3S/c6-5-1-3(9)4(2-8-5)12(7,10)11/h1-2H,(H,8,9). The van der Waals surface area contributed by atoms with E-state index in [1.54, 1.807) is 0 Å². The lowest BCUT2D eigenvalue weighted by Gasteiger charge is -1.94. The summed E-state index contributed by atoms with van der Waals surface area (Å²) in [5, 5.41) is 0. The minimum absolute atomic E-state index is 0.400. The van der Waals surface area contributed by atoms with E-state index in [9.17, 15) is 13.2 Å². The minimum atomic E-state index is -3.94. The second-order valence-electron chi connectivity index (χ2n) is 1.95. The van der Waals surface area contributed by atoms with Crippen LogP contribution in [0.3, 0.4) is 0 Å². The molecule has 66 valence electrons. The van der Waals surface area contributed by atoms with Gasteiger partial charge in [0.2, 0.25) is 5.43 Å². The van der Waals surface area contributed by atoms with Gasteiger partial charge in [0.1, 0.15) is 4.90 Å². The van der Waals surface area contributed by atoms with Gasteiger partial charge in [0.15, 0.2) is 0 Å². The molecule has 1 N–H and O–H groups in total. The minimum Gasteiger partial charge on any atom is -0.354 e. The van der Waals surface area contributed by atoms with Crippen LogP contribution in [0, 0.1) is 0 Å². The zero-order chi connectivity index (χ0) is 9.35. The molecule has 0 unspecified atom stereocenters. The molecule has 4 nitrogen and oxygen atoms in total. The molecule has 0 saturated heterocycles. The van der Waals surface area contributed by atoms with Crippen LogP contribution in [-0.2, 0) is 9.05 Å². The third-order valence-electron chi connectivity index (χ3n) is 1.10. The molecule has 7 heteroatoms. The van der Waals surface area contributed by atoms with Crippen molar-refractivity contribution in [2.75, 3.05) is 0 Å². The molecule has 1 rings (SSSR count). The molecule has 0 amide bonds. The predicted octanol–water partition coefficient (Wildman–Crippen LogP) is 1.06. The summed E-state index contributed by atoms with van der Waals surface area (Å²) < 4.78 is 21.8. The van der Waals surface area contributed by atoms with Crippen molar-refractivity contribution in [3.05, 3.63) is 27.1 Å². The molecule has 12 heavy (non-hydrogen) atoms. The molecule has 0 aliphatic carbocycles. The third-order valence-corrected chi connectivity index (χ3v) is 2.91. The van der Waals surface area contributed by atoms with Crippen molar-refractivity contribution in [2.24, 2.45) is 0 Å². The maximum absolute atomic E-state index is 11.0. The Morgan fingerprint density at radius 3 is 2.50 bits per heavy atom. The number of aromatic nitrogens is 1. The zero-order valence-electron chi connectivity index (χ0n) is 5.54. The van der Waals surface area contributed by atoms with Crippen LogP contribution in [0.2, 0.25) is 0 Å². The van der Waals surface area contributed by atoms with Crippen LogP contribution in [-0.4, -0.2) is 13.4 Å². The molecule has 0 radical (unpaired) electrons. The fraction of sp³-hybridized carbons (Fsp3) is 0. The summed E-state index contributed by atoms with van der Waals surface area (Å²) in [4.78, 5) is 13.0.